The lowest BCUT2D eigenvalue weighted by atomic mass is 9.80. The van der Waals surface area contributed by atoms with E-state index in [2.05, 4.69) is 24.5 Å². The molecule has 88 valence electrons. The molecule has 0 spiro atoms. The molecule has 1 saturated carbocycles. The summed E-state index contributed by atoms with van der Waals surface area (Å²) in [5.41, 5.74) is 0. The summed E-state index contributed by atoms with van der Waals surface area (Å²) in [5.74, 6) is 1.79. The molecule has 0 unspecified atom stereocenters. The van der Waals surface area contributed by atoms with E-state index in [-0.39, 0.29) is 5.91 Å². The van der Waals surface area contributed by atoms with Crippen molar-refractivity contribution in [2.45, 2.75) is 45.6 Å². The van der Waals surface area contributed by atoms with Crippen LogP contribution in [-0.2, 0) is 4.79 Å². The zero-order chi connectivity index (χ0) is 11.3. The lowest BCUT2D eigenvalue weighted by molar-refractivity contribution is -0.119. The third-order valence-corrected chi connectivity index (χ3v) is 3.54. The molecule has 1 aliphatic rings. The maximum atomic E-state index is 11.1. The summed E-state index contributed by atoms with van der Waals surface area (Å²) in [5, 5.41) is 5.95. The van der Waals surface area contributed by atoms with Crippen molar-refractivity contribution in [2.75, 3.05) is 13.6 Å². The highest BCUT2D eigenvalue weighted by molar-refractivity contribution is 5.77. The Balaban J connectivity index is 2.17. The summed E-state index contributed by atoms with van der Waals surface area (Å²) in [6.45, 7) is 5.08. The predicted octanol–water partition coefficient (Wildman–Crippen LogP) is 1.54. The molecule has 0 aromatic rings. The number of rotatable bonds is 4. The highest BCUT2D eigenvalue weighted by Gasteiger charge is 2.22. The van der Waals surface area contributed by atoms with Crippen LogP contribution in [0.3, 0.4) is 0 Å². The van der Waals surface area contributed by atoms with Crippen molar-refractivity contribution in [3.63, 3.8) is 0 Å². The number of nitrogens with one attached hydrogen (secondary N) is 2. The third kappa shape index (κ3) is 4.20. The minimum absolute atomic E-state index is 0.0842. The minimum Gasteiger partial charge on any atom is -0.358 e. The molecule has 15 heavy (non-hydrogen) atoms. The van der Waals surface area contributed by atoms with E-state index in [9.17, 15) is 4.79 Å². The van der Waals surface area contributed by atoms with E-state index in [0.717, 1.165) is 11.8 Å². The average molecular weight is 212 g/mol. The molecular weight excluding hydrogens is 188 g/mol. The van der Waals surface area contributed by atoms with Gasteiger partial charge in [-0.05, 0) is 37.5 Å². The Morgan fingerprint density at radius 2 is 1.87 bits per heavy atom. The third-order valence-electron chi connectivity index (χ3n) is 3.54. The monoisotopic (exact) mass is 212 g/mol. The van der Waals surface area contributed by atoms with Crippen LogP contribution >= 0.6 is 0 Å². The molecule has 1 fully saturated rings. The van der Waals surface area contributed by atoms with Gasteiger partial charge in [-0.15, -0.1) is 0 Å². The van der Waals surface area contributed by atoms with Gasteiger partial charge in [0.2, 0.25) is 5.91 Å². The van der Waals surface area contributed by atoms with Gasteiger partial charge in [-0.3, -0.25) is 4.79 Å². The van der Waals surface area contributed by atoms with Crippen molar-refractivity contribution < 1.29 is 4.79 Å². The quantitative estimate of drug-likeness (QED) is 0.742. The summed E-state index contributed by atoms with van der Waals surface area (Å²) in [6.07, 6.45) is 5.06. The molecule has 1 amide bonds. The first kappa shape index (κ1) is 12.5. The van der Waals surface area contributed by atoms with Crippen LogP contribution in [0.2, 0.25) is 0 Å². The molecule has 2 N–H and O–H groups in total. The molecule has 1 rings (SSSR count). The van der Waals surface area contributed by atoms with Gasteiger partial charge >= 0.3 is 0 Å². The standard InChI is InChI=1S/C12H24N2O/c1-9(2)10-4-6-11(7-5-10)14-8-12(15)13-3/h9-11,14H,4-8H2,1-3H3,(H,13,15). The first-order valence-electron chi connectivity index (χ1n) is 6.07. The maximum absolute atomic E-state index is 11.1. The summed E-state index contributed by atoms with van der Waals surface area (Å²) < 4.78 is 0. The average Bonchev–Trinajstić information content (AvgIpc) is 2.26. The molecule has 0 heterocycles. The van der Waals surface area contributed by atoms with Crippen LogP contribution in [0.1, 0.15) is 39.5 Å². The SMILES string of the molecule is CNC(=O)CNC1CCC(C(C)C)CC1. The second-order valence-electron chi connectivity index (χ2n) is 4.91. The van der Waals surface area contributed by atoms with Gasteiger partial charge in [0.05, 0.1) is 6.54 Å². The second-order valence-corrected chi connectivity index (χ2v) is 4.91. The molecule has 3 nitrogen and oxygen atoms in total. The van der Waals surface area contributed by atoms with Crippen LogP contribution in [0.15, 0.2) is 0 Å². The Morgan fingerprint density at radius 3 is 2.33 bits per heavy atom. The number of amides is 1. The normalized spacial score (nSPS) is 26.7. The van der Waals surface area contributed by atoms with Crippen molar-refractivity contribution in [1.29, 1.82) is 0 Å². The van der Waals surface area contributed by atoms with E-state index >= 15 is 0 Å². The molecule has 0 aromatic carbocycles. The number of likely N-dealkylation sites (N-methyl/N-ethyl adjacent to an activating group) is 1. The van der Waals surface area contributed by atoms with Crippen LogP contribution in [-0.4, -0.2) is 25.5 Å². The fraction of sp³-hybridized carbons (Fsp3) is 0.917. The molecule has 0 atom stereocenters. The molecule has 0 radical (unpaired) electrons. The Kier molecular flexibility index (Phi) is 5.09. The van der Waals surface area contributed by atoms with E-state index < -0.39 is 0 Å². The zero-order valence-corrected chi connectivity index (χ0v) is 10.2. The van der Waals surface area contributed by atoms with E-state index in [1.165, 1.54) is 25.7 Å². The summed E-state index contributed by atoms with van der Waals surface area (Å²) >= 11 is 0. The van der Waals surface area contributed by atoms with E-state index in [1.807, 2.05) is 0 Å². The molecule has 0 saturated heterocycles. The van der Waals surface area contributed by atoms with Gasteiger partial charge in [-0.1, -0.05) is 13.8 Å². The molecule has 0 bridgehead atoms. The fourth-order valence-corrected chi connectivity index (χ4v) is 2.32. The van der Waals surface area contributed by atoms with E-state index in [1.54, 1.807) is 7.05 Å². The zero-order valence-electron chi connectivity index (χ0n) is 10.2. The van der Waals surface area contributed by atoms with Crippen molar-refractivity contribution in [3.05, 3.63) is 0 Å². The van der Waals surface area contributed by atoms with Gasteiger partial charge in [-0.2, -0.15) is 0 Å². The van der Waals surface area contributed by atoms with Crippen molar-refractivity contribution in [2.24, 2.45) is 11.8 Å². The van der Waals surface area contributed by atoms with Gasteiger partial charge < -0.3 is 10.6 Å². The molecule has 0 aromatic heterocycles. The first-order valence-corrected chi connectivity index (χ1v) is 6.07. The van der Waals surface area contributed by atoms with Gasteiger partial charge in [0, 0.05) is 13.1 Å². The van der Waals surface area contributed by atoms with Gasteiger partial charge in [0.25, 0.3) is 0 Å². The van der Waals surface area contributed by atoms with Gasteiger partial charge in [0.1, 0.15) is 0 Å². The van der Waals surface area contributed by atoms with Crippen LogP contribution < -0.4 is 10.6 Å². The lowest BCUT2D eigenvalue weighted by Gasteiger charge is -2.31. The van der Waals surface area contributed by atoms with Crippen LogP contribution in [0, 0.1) is 11.8 Å². The van der Waals surface area contributed by atoms with Gasteiger partial charge in [-0.25, -0.2) is 0 Å². The van der Waals surface area contributed by atoms with E-state index in [0.29, 0.717) is 12.6 Å². The van der Waals surface area contributed by atoms with E-state index in [4.69, 9.17) is 0 Å². The number of carbonyl (C=O) groups excluding carboxylic acids is 1. The maximum Gasteiger partial charge on any atom is 0.233 e. The van der Waals surface area contributed by atoms with Gasteiger partial charge in [0.15, 0.2) is 0 Å². The van der Waals surface area contributed by atoms with Crippen molar-refractivity contribution in [1.82, 2.24) is 10.6 Å². The topological polar surface area (TPSA) is 41.1 Å². The fourth-order valence-electron chi connectivity index (χ4n) is 2.32. The second kappa shape index (κ2) is 6.11. The summed E-state index contributed by atoms with van der Waals surface area (Å²) in [4.78, 5) is 11.1. The summed E-state index contributed by atoms with van der Waals surface area (Å²) in [7, 11) is 1.68. The number of hydrogen-bond donors (Lipinski definition) is 2. The number of carbonyl (C=O) groups is 1. The van der Waals surface area contributed by atoms with Crippen LogP contribution in [0.5, 0.6) is 0 Å². The Hall–Kier alpha value is -0.570. The summed E-state index contributed by atoms with van der Waals surface area (Å²) in [6, 6.07) is 0.553. The van der Waals surface area contributed by atoms with Crippen molar-refractivity contribution in [3.8, 4) is 0 Å². The molecule has 0 aliphatic heterocycles. The Morgan fingerprint density at radius 1 is 1.27 bits per heavy atom. The van der Waals surface area contributed by atoms with Crippen molar-refractivity contribution >= 4 is 5.91 Å². The first-order chi connectivity index (χ1) is 7.13. The Labute approximate surface area is 93.0 Å². The highest BCUT2D eigenvalue weighted by Crippen LogP contribution is 2.29. The predicted molar refractivity (Wildman–Crippen MR) is 62.7 cm³/mol. The number of hydrogen-bond acceptors (Lipinski definition) is 2. The van der Waals surface area contributed by atoms with Crippen LogP contribution in [0.25, 0.3) is 0 Å². The lowest BCUT2D eigenvalue weighted by Crippen LogP contribution is -2.40. The molecule has 3 heteroatoms. The smallest absolute Gasteiger partial charge is 0.233 e. The molecule has 1 aliphatic carbocycles. The largest absolute Gasteiger partial charge is 0.358 e. The highest BCUT2D eigenvalue weighted by atomic mass is 16.1. The van der Waals surface area contributed by atoms with Crippen LogP contribution in [0.4, 0.5) is 0 Å². The molecular formula is C12H24N2O. The minimum atomic E-state index is 0.0842. The Bertz CT molecular complexity index is 196.